The Morgan fingerprint density at radius 2 is 1.89 bits per heavy atom. The van der Waals surface area contributed by atoms with Crippen molar-refractivity contribution in [2.45, 2.75) is 38.1 Å². The first-order valence-corrected chi connectivity index (χ1v) is 6.50. The molecule has 0 aromatic heterocycles. The first-order chi connectivity index (χ1) is 8.59. The van der Waals surface area contributed by atoms with Crippen molar-refractivity contribution in [2.75, 3.05) is 26.2 Å². The summed E-state index contributed by atoms with van der Waals surface area (Å²) in [5, 5.41) is 20.5. The Morgan fingerprint density at radius 3 is 2.44 bits per heavy atom. The molecule has 1 heterocycles. The molecule has 18 heavy (non-hydrogen) atoms. The summed E-state index contributed by atoms with van der Waals surface area (Å²) in [7, 11) is 0. The SMILES string of the molecule is O=C(O)CCCN[C@@H](CCN1CCCC1)C(=O)O. The van der Waals surface area contributed by atoms with Crippen molar-refractivity contribution < 1.29 is 19.8 Å². The Hall–Kier alpha value is -1.14. The molecule has 0 radical (unpaired) electrons. The predicted octanol–water partition coefficient (Wildman–Crippen LogP) is 0.380. The van der Waals surface area contributed by atoms with Gasteiger partial charge in [0.15, 0.2) is 0 Å². The van der Waals surface area contributed by atoms with Gasteiger partial charge in [-0.2, -0.15) is 0 Å². The van der Waals surface area contributed by atoms with Crippen molar-refractivity contribution in [1.29, 1.82) is 0 Å². The highest BCUT2D eigenvalue weighted by atomic mass is 16.4. The summed E-state index contributed by atoms with van der Waals surface area (Å²) in [5.74, 6) is -1.70. The quantitative estimate of drug-likeness (QED) is 0.518. The van der Waals surface area contributed by atoms with Gasteiger partial charge in [-0.25, -0.2) is 0 Å². The van der Waals surface area contributed by atoms with Gasteiger partial charge in [0.2, 0.25) is 0 Å². The van der Waals surface area contributed by atoms with Gasteiger partial charge in [0.1, 0.15) is 6.04 Å². The third kappa shape index (κ3) is 5.97. The minimum Gasteiger partial charge on any atom is -0.481 e. The smallest absolute Gasteiger partial charge is 0.320 e. The van der Waals surface area contributed by atoms with Gasteiger partial charge >= 0.3 is 11.9 Å². The maximum absolute atomic E-state index is 11.0. The molecular weight excluding hydrogens is 236 g/mol. The van der Waals surface area contributed by atoms with Gasteiger partial charge in [-0.05, 0) is 45.3 Å². The van der Waals surface area contributed by atoms with E-state index in [1.54, 1.807) is 0 Å². The average Bonchev–Trinajstić information content (AvgIpc) is 2.80. The Bertz CT molecular complexity index is 277. The molecule has 6 heteroatoms. The topological polar surface area (TPSA) is 89.9 Å². The first-order valence-electron chi connectivity index (χ1n) is 6.50. The van der Waals surface area contributed by atoms with Gasteiger partial charge in [0, 0.05) is 13.0 Å². The fraction of sp³-hybridized carbons (Fsp3) is 0.833. The first kappa shape index (κ1) is 14.9. The Balaban J connectivity index is 2.17. The highest BCUT2D eigenvalue weighted by Crippen LogP contribution is 2.08. The van der Waals surface area contributed by atoms with E-state index in [4.69, 9.17) is 10.2 Å². The molecule has 0 aliphatic carbocycles. The van der Waals surface area contributed by atoms with Crippen molar-refractivity contribution in [3.05, 3.63) is 0 Å². The van der Waals surface area contributed by atoms with Crippen molar-refractivity contribution >= 4 is 11.9 Å². The highest BCUT2D eigenvalue weighted by molar-refractivity contribution is 5.73. The number of carboxylic acid groups (broad SMARTS) is 2. The number of nitrogens with one attached hydrogen (secondary N) is 1. The molecule has 0 saturated carbocycles. The molecular formula is C12H22N2O4. The van der Waals surface area contributed by atoms with E-state index in [0.29, 0.717) is 19.4 Å². The highest BCUT2D eigenvalue weighted by Gasteiger charge is 2.19. The maximum atomic E-state index is 11.0. The molecule has 1 atom stereocenters. The molecule has 104 valence electrons. The van der Waals surface area contributed by atoms with E-state index in [1.807, 2.05) is 0 Å². The summed E-state index contributed by atoms with van der Waals surface area (Å²) in [6, 6.07) is -0.570. The second-order valence-electron chi connectivity index (χ2n) is 4.68. The van der Waals surface area contributed by atoms with Crippen LogP contribution in [0.25, 0.3) is 0 Å². The fourth-order valence-corrected chi connectivity index (χ4v) is 2.15. The van der Waals surface area contributed by atoms with Crippen molar-refractivity contribution in [3.8, 4) is 0 Å². The lowest BCUT2D eigenvalue weighted by molar-refractivity contribution is -0.139. The summed E-state index contributed by atoms with van der Waals surface area (Å²) in [5.41, 5.74) is 0. The largest absolute Gasteiger partial charge is 0.481 e. The summed E-state index contributed by atoms with van der Waals surface area (Å²) in [6.07, 6.45) is 3.50. The molecule has 1 rings (SSSR count). The third-order valence-corrected chi connectivity index (χ3v) is 3.19. The van der Waals surface area contributed by atoms with Crippen LogP contribution < -0.4 is 5.32 Å². The molecule has 0 aromatic carbocycles. The summed E-state index contributed by atoms with van der Waals surface area (Å²) >= 11 is 0. The minimum atomic E-state index is -0.857. The number of rotatable bonds is 9. The van der Waals surface area contributed by atoms with Crippen LogP contribution in [-0.4, -0.2) is 59.3 Å². The Kier molecular flexibility index (Phi) is 6.67. The summed E-state index contributed by atoms with van der Waals surface area (Å²) in [4.78, 5) is 23.6. The number of hydrogen-bond acceptors (Lipinski definition) is 4. The van der Waals surface area contributed by atoms with Gasteiger partial charge < -0.3 is 20.4 Å². The standard InChI is InChI=1S/C12H22N2O4/c15-11(16)4-3-6-13-10(12(17)18)5-9-14-7-1-2-8-14/h10,13H,1-9H2,(H,15,16)(H,17,18)/t10-/m0/s1. The van der Waals surface area contributed by atoms with Gasteiger partial charge in [0.05, 0.1) is 0 Å². The van der Waals surface area contributed by atoms with E-state index in [0.717, 1.165) is 19.6 Å². The van der Waals surface area contributed by atoms with Crippen molar-refractivity contribution in [3.63, 3.8) is 0 Å². The van der Waals surface area contributed by atoms with E-state index in [-0.39, 0.29) is 6.42 Å². The van der Waals surface area contributed by atoms with Crippen LogP contribution in [0, 0.1) is 0 Å². The lowest BCUT2D eigenvalue weighted by Crippen LogP contribution is -2.40. The van der Waals surface area contributed by atoms with Gasteiger partial charge in [0.25, 0.3) is 0 Å². The molecule has 0 amide bonds. The van der Waals surface area contributed by atoms with Crippen LogP contribution in [0.1, 0.15) is 32.1 Å². The van der Waals surface area contributed by atoms with Crippen molar-refractivity contribution in [1.82, 2.24) is 10.2 Å². The Labute approximate surface area is 107 Å². The zero-order valence-electron chi connectivity index (χ0n) is 10.6. The molecule has 1 fully saturated rings. The molecule has 1 aliphatic heterocycles. The van der Waals surface area contributed by atoms with Crippen LogP contribution in [0.4, 0.5) is 0 Å². The van der Waals surface area contributed by atoms with E-state index in [1.165, 1.54) is 12.8 Å². The second kappa shape index (κ2) is 8.05. The molecule has 1 saturated heterocycles. The number of nitrogens with zero attached hydrogens (tertiary/aromatic N) is 1. The maximum Gasteiger partial charge on any atom is 0.320 e. The monoisotopic (exact) mass is 258 g/mol. The number of carbonyl (C=O) groups is 2. The van der Waals surface area contributed by atoms with Gasteiger partial charge in [-0.15, -0.1) is 0 Å². The van der Waals surface area contributed by atoms with Crippen LogP contribution in [0.3, 0.4) is 0 Å². The fourth-order valence-electron chi connectivity index (χ4n) is 2.15. The van der Waals surface area contributed by atoms with E-state index >= 15 is 0 Å². The molecule has 0 aromatic rings. The van der Waals surface area contributed by atoms with Crippen LogP contribution in [0.5, 0.6) is 0 Å². The molecule has 0 bridgehead atoms. The molecule has 3 N–H and O–H groups in total. The van der Waals surface area contributed by atoms with Gasteiger partial charge in [-0.1, -0.05) is 0 Å². The number of carboxylic acids is 2. The molecule has 1 aliphatic rings. The lowest BCUT2D eigenvalue weighted by Gasteiger charge is -2.19. The second-order valence-corrected chi connectivity index (χ2v) is 4.68. The zero-order valence-corrected chi connectivity index (χ0v) is 10.6. The number of likely N-dealkylation sites (tertiary alicyclic amines) is 1. The van der Waals surface area contributed by atoms with Gasteiger partial charge in [-0.3, -0.25) is 9.59 Å². The number of aliphatic carboxylic acids is 2. The predicted molar refractivity (Wildman–Crippen MR) is 66.6 cm³/mol. The van der Waals surface area contributed by atoms with Crippen LogP contribution in [0.15, 0.2) is 0 Å². The molecule has 0 spiro atoms. The zero-order chi connectivity index (χ0) is 13.4. The average molecular weight is 258 g/mol. The van der Waals surface area contributed by atoms with E-state index in [9.17, 15) is 9.59 Å². The number of hydrogen-bond donors (Lipinski definition) is 3. The van der Waals surface area contributed by atoms with Crippen LogP contribution in [-0.2, 0) is 9.59 Å². The van der Waals surface area contributed by atoms with E-state index < -0.39 is 18.0 Å². The normalized spacial score (nSPS) is 17.8. The van der Waals surface area contributed by atoms with Crippen LogP contribution >= 0.6 is 0 Å². The molecule has 6 nitrogen and oxygen atoms in total. The van der Waals surface area contributed by atoms with Crippen molar-refractivity contribution in [2.24, 2.45) is 0 Å². The summed E-state index contributed by atoms with van der Waals surface area (Å²) < 4.78 is 0. The molecule has 0 unspecified atom stereocenters. The van der Waals surface area contributed by atoms with E-state index in [2.05, 4.69) is 10.2 Å². The lowest BCUT2D eigenvalue weighted by atomic mass is 10.2. The Morgan fingerprint density at radius 1 is 1.22 bits per heavy atom. The summed E-state index contributed by atoms with van der Waals surface area (Å²) in [6.45, 7) is 3.35. The third-order valence-electron chi connectivity index (χ3n) is 3.19. The van der Waals surface area contributed by atoms with Crippen LogP contribution in [0.2, 0.25) is 0 Å². The minimum absolute atomic E-state index is 0.0749.